The van der Waals surface area contributed by atoms with E-state index in [0.717, 1.165) is 24.5 Å². The number of carbonyl (C=O) groups is 1. The summed E-state index contributed by atoms with van der Waals surface area (Å²) in [5, 5.41) is 5.83. The van der Waals surface area contributed by atoms with Crippen LogP contribution in [0.1, 0.15) is 20.3 Å². The van der Waals surface area contributed by atoms with E-state index in [4.69, 9.17) is 0 Å². The third kappa shape index (κ3) is 5.21. The van der Waals surface area contributed by atoms with Crippen LogP contribution in [0, 0.1) is 0 Å². The van der Waals surface area contributed by atoms with E-state index < -0.39 is 9.84 Å². The van der Waals surface area contributed by atoms with Crippen LogP contribution in [0.25, 0.3) is 0 Å². The number of rotatable bonds is 7. The SMILES string of the molecule is CCN(CC)c1ccc(NC(=O)CNC2CCS(=O)(=O)C2)cc1. The molecule has 1 unspecified atom stereocenters. The van der Waals surface area contributed by atoms with Crippen molar-refractivity contribution in [3.63, 3.8) is 0 Å². The number of hydrogen-bond donors (Lipinski definition) is 2. The maximum absolute atomic E-state index is 11.9. The number of benzene rings is 1. The fraction of sp³-hybridized carbons (Fsp3) is 0.562. The van der Waals surface area contributed by atoms with Gasteiger partial charge in [-0.15, -0.1) is 0 Å². The molecule has 1 saturated heterocycles. The normalized spacial score (nSPS) is 19.5. The zero-order valence-corrected chi connectivity index (χ0v) is 14.5. The van der Waals surface area contributed by atoms with Gasteiger partial charge < -0.3 is 15.5 Å². The highest BCUT2D eigenvalue weighted by molar-refractivity contribution is 7.91. The summed E-state index contributed by atoms with van der Waals surface area (Å²) in [6.07, 6.45) is 0.578. The lowest BCUT2D eigenvalue weighted by atomic mass is 10.2. The molecule has 2 rings (SSSR count). The number of sulfone groups is 1. The summed E-state index contributed by atoms with van der Waals surface area (Å²) in [5.41, 5.74) is 1.87. The first kappa shape index (κ1) is 17.7. The van der Waals surface area contributed by atoms with Crippen LogP contribution >= 0.6 is 0 Å². The van der Waals surface area contributed by atoms with E-state index >= 15 is 0 Å². The van der Waals surface area contributed by atoms with E-state index in [9.17, 15) is 13.2 Å². The highest BCUT2D eigenvalue weighted by Crippen LogP contribution is 2.17. The second-order valence-electron chi connectivity index (χ2n) is 5.75. The predicted molar refractivity (Wildman–Crippen MR) is 93.7 cm³/mol. The van der Waals surface area contributed by atoms with Crippen molar-refractivity contribution in [2.45, 2.75) is 26.3 Å². The Morgan fingerprint density at radius 3 is 2.39 bits per heavy atom. The van der Waals surface area contributed by atoms with Crippen LogP contribution in [0.3, 0.4) is 0 Å². The minimum Gasteiger partial charge on any atom is -0.372 e. The Morgan fingerprint density at radius 2 is 1.87 bits per heavy atom. The molecule has 7 heteroatoms. The topological polar surface area (TPSA) is 78.5 Å². The molecular weight excluding hydrogens is 314 g/mol. The second kappa shape index (κ2) is 7.79. The number of anilines is 2. The summed E-state index contributed by atoms with van der Waals surface area (Å²) in [4.78, 5) is 14.2. The van der Waals surface area contributed by atoms with Gasteiger partial charge in [-0.05, 0) is 44.5 Å². The molecule has 0 bridgehead atoms. The zero-order chi connectivity index (χ0) is 16.9. The van der Waals surface area contributed by atoms with Crippen molar-refractivity contribution in [3.8, 4) is 0 Å². The lowest BCUT2D eigenvalue weighted by Crippen LogP contribution is -2.36. The van der Waals surface area contributed by atoms with Gasteiger partial charge in [0.2, 0.25) is 5.91 Å². The summed E-state index contributed by atoms with van der Waals surface area (Å²) in [6, 6.07) is 7.62. The van der Waals surface area contributed by atoms with Crippen molar-refractivity contribution in [2.24, 2.45) is 0 Å². The molecule has 128 valence electrons. The van der Waals surface area contributed by atoms with Crippen LogP contribution in [0.2, 0.25) is 0 Å². The molecule has 1 aromatic carbocycles. The summed E-state index contributed by atoms with van der Waals surface area (Å²) in [7, 11) is -2.92. The monoisotopic (exact) mass is 339 g/mol. The molecule has 1 aliphatic rings. The Kier molecular flexibility index (Phi) is 6.01. The molecule has 23 heavy (non-hydrogen) atoms. The first-order valence-electron chi connectivity index (χ1n) is 8.02. The van der Waals surface area contributed by atoms with Gasteiger partial charge in [-0.2, -0.15) is 0 Å². The van der Waals surface area contributed by atoms with E-state index in [0.29, 0.717) is 6.42 Å². The molecule has 0 saturated carbocycles. The number of nitrogens with one attached hydrogen (secondary N) is 2. The molecule has 0 aliphatic carbocycles. The van der Waals surface area contributed by atoms with Gasteiger partial charge >= 0.3 is 0 Å². The minimum atomic E-state index is -2.92. The van der Waals surface area contributed by atoms with Crippen LogP contribution < -0.4 is 15.5 Å². The Labute approximate surface area is 138 Å². The third-order valence-corrected chi connectivity index (χ3v) is 5.83. The Bertz CT molecular complexity index is 624. The highest BCUT2D eigenvalue weighted by atomic mass is 32.2. The fourth-order valence-corrected chi connectivity index (χ4v) is 4.45. The van der Waals surface area contributed by atoms with Crippen molar-refractivity contribution < 1.29 is 13.2 Å². The molecule has 1 aromatic rings. The second-order valence-corrected chi connectivity index (χ2v) is 7.98. The maximum Gasteiger partial charge on any atom is 0.238 e. The average molecular weight is 339 g/mol. The van der Waals surface area contributed by atoms with Gasteiger partial charge in [0.05, 0.1) is 18.1 Å². The molecule has 0 spiro atoms. The summed E-state index contributed by atoms with van der Waals surface area (Å²) in [5.74, 6) is 0.169. The summed E-state index contributed by atoms with van der Waals surface area (Å²) in [6.45, 7) is 6.22. The van der Waals surface area contributed by atoms with Crippen LogP contribution in [-0.2, 0) is 14.6 Å². The van der Waals surface area contributed by atoms with Crippen molar-refractivity contribution in [3.05, 3.63) is 24.3 Å². The van der Waals surface area contributed by atoms with Crippen molar-refractivity contribution in [1.29, 1.82) is 0 Å². The maximum atomic E-state index is 11.9. The van der Waals surface area contributed by atoms with E-state index in [1.165, 1.54) is 0 Å². The number of carbonyl (C=O) groups excluding carboxylic acids is 1. The van der Waals surface area contributed by atoms with E-state index in [1.54, 1.807) is 0 Å². The smallest absolute Gasteiger partial charge is 0.238 e. The Hall–Kier alpha value is -1.60. The predicted octanol–water partition coefficient (Wildman–Crippen LogP) is 1.25. The molecule has 2 N–H and O–H groups in total. The first-order valence-corrected chi connectivity index (χ1v) is 9.84. The van der Waals surface area contributed by atoms with Gasteiger partial charge in [0.1, 0.15) is 0 Å². The van der Waals surface area contributed by atoms with E-state index in [1.807, 2.05) is 24.3 Å². The van der Waals surface area contributed by atoms with Gasteiger partial charge in [0.25, 0.3) is 0 Å². The van der Waals surface area contributed by atoms with Crippen LogP contribution in [0.5, 0.6) is 0 Å². The van der Waals surface area contributed by atoms with Gasteiger partial charge in [-0.1, -0.05) is 0 Å². The number of amides is 1. The van der Waals surface area contributed by atoms with Crippen LogP contribution in [0.15, 0.2) is 24.3 Å². The molecule has 0 aromatic heterocycles. The van der Waals surface area contributed by atoms with E-state index in [-0.39, 0.29) is 30.0 Å². The summed E-state index contributed by atoms with van der Waals surface area (Å²) < 4.78 is 22.7. The number of hydrogen-bond acceptors (Lipinski definition) is 5. The van der Waals surface area contributed by atoms with Crippen LogP contribution in [-0.4, -0.2) is 51.5 Å². The molecule has 1 heterocycles. The Balaban J connectivity index is 1.81. The van der Waals surface area contributed by atoms with Crippen LogP contribution in [0.4, 0.5) is 11.4 Å². The first-order chi connectivity index (χ1) is 10.9. The van der Waals surface area contributed by atoms with Gasteiger partial charge in [0.15, 0.2) is 9.84 Å². The highest BCUT2D eigenvalue weighted by Gasteiger charge is 2.27. The average Bonchev–Trinajstić information content (AvgIpc) is 2.87. The van der Waals surface area contributed by atoms with E-state index in [2.05, 4.69) is 29.4 Å². The number of nitrogens with zero attached hydrogens (tertiary/aromatic N) is 1. The van der Waals surface area contributed by atoms with Gasteiger partial charge in [0, 0.05) is 30.5 Å². The standard InChI is InChI=1S/C16H25N3O3S/c1-3-19(4-2)15-7-5-13(6-8-15)18-16(20)11-17-14-9-10-23(21,22)12-14/h5-8,14,17H,3-4,9-12H2,1-2H3,(H,18,20). The molecule has 1 fully saturated rings. The molecule has 1 aliphatic heterocycles. The largest absolute Gasteiger partial charge is 0.372 e. The van der Waals surface area contributed by atoms with Crippen molar-refractivity contribution in [1.82, 2.24) is 5.32 Å². The minimum absolute atomic E-state index is 0.115. The molecule has 1 atom stereocenters. The molecule has 6 nitrogen and oxygen atoms in total. The van der Waals surface area contributed by atoms with Gasteiger partial charge in [-0.25, -0.2) is 8.42 Å². The van der Waals surface area contributed by atoms with Crippen molar-refractivity contribution in [2.75, 3.05) is 41.4 Å². The molecule has 1 amide bonds. The lowest BCUT2D eigenvalue weighted by molar-refractivity contribution is -0.115. The third-order valence-electron chi connectivity index (χ3n) is 4.06. The molecular formula is C16H25N3O3S. The fourth-order valence-electron chi connectivity index (χ4n) is 2.74. The molecule has 0 radical (unpaired) electrons. The van der Waals surface area contributed by atoms with Crippen molar-refractivity contribution >= 4 is 27.1 Å². The van der Waals surface area contributed by atoms with Gasteiger partial charge in [-0.3, -0.25) is 4.79 Å². The zero-order valence-electron chi connectivity index (χ0n) is 13.7. The Morgan fingerprint density at radius 1 is 1.22 bits per heavy atom. The quantitative estimate of drug-likeness (QED) is 0.782. The summed E-state index contributed by atoms with van der Waals surface area (Å²) >= 11 is 0. The lowest BCUT2D eigenvalue weighted by Gasteiger charge is -2.21.